The molecule has 2 amide bonds. The summed E-state index contributed by atoms with van der Waals surface area (Å²) in [6, 6.07) is 14.6. The number of amides is 2. The standard InChI is InChI=1S/C27H19F6N3O2/c28-26(29,30)18-5-9-21(10-6-18)35-23(37)36(22-11-7-19(8-12-22)27(31,32)33)25(38,24(35)13-2-14-24)20-4-1-3-17(15-20)16-34/h1,3-12,15,38H,2,13-14H2. The van der Waals surface area contributed by atoms with Crippen LogP contribution in [0.15, 0.2) is 72.8 Å². The number of hydrogen-bond acceptors (Lipinski definition) is 3. The second-order valence-corrected chi connectivity index (χ2v) is 9.29. The molecular weight excluding hydrogens is 512 g/mol. The number of carbonyl (C=O) groups excluding carboxylic acids is 1. The van der Waals surface area contributed by atoms with E-state index in [1.54, 1.807) is 0 Å². The van der Waals surface area contributed by atoms with Gasteiger partial charge < -0.3 is 5.11 Å². The number of anilines is 2. The maximum absolute atomic E-state index is 14.0. The summed E-state index contributed by atoms with van der Waals surface area (Å²) in [5, 5.41) is 21.9. The van der Waals surface area contributed by atoms with Crippen molar-refractivity contribution in [2.24, 2.45) is 0 Å². The molecule has 1 saturated carbocycles. The van der Waals surface area contributed by atoms with Gasteiger partial charge in [-0.05, 0) is 79.9 Å². The van der Waals surface area contributed by atoms with Gasteiger partial charge in [-0.15, -0.1) is 0 Å². The lowest BCUT2D eigenvalue weighted by Crippen LogP contribution is -2.63. The van der Waals surface area contributed by atoms with Crippen molar-refractivity contribution in [2.45, 2.75) is 42.9 Å². The normalized spacial score (nSPS) is 20.9. The number of carbonyl (C=O) groups is 1. The predicted molar refractivity (Wildman–Crippen MR) is 125 cm³/mol. The van der Waals surface area contributed by atoms with Gasteiger partial charge in [-0.2, -0.15) is 31.6 Å². The fraction of sp³-hybridized carbons (Fsp3) is 0.259. The smallest absolute Gasteiger partial charge is 0.364 e. The zero-order chi connectivity index (χ0) is 27.5. The van der Waals surface area contributed by atoms with E-state index in [0.717, 1.165) is 53.4 Å². The van der Waals surface area contributed by atoms with Crippen molar-refractivity contribution in [2.75, 3.05) is 9.80 Å². The topological polar surface area (TPSA) is 67.6 Å². The Morgan fingerprint density at radius 2 is 1.29 bits per heavy atom. The van der Waals surface area contributed by atoms with Gasteiger partial charge in [-0.25, -0.2) is 4.79 Å². The van der Waals surface area contributed by atoms with Crippen molar-refractivity contribution in [3.8, 4) is 6.07 Å². The lowest BCUT2D eigenvalue weighted by Gasteiger charge is -2.52. The summed E-state index contributed by atoms with van der Waals surface area (Å²) >= 11 is 0. The van der Waals surface area contributed by atoms with Crippen LogP contribution in [0.4, 0.5) is 42.5 Å². The van der Waals surface area contributed by atoms with Crippen molar-refractivity contribution in [1.29, 1.82) is 5.26 Å². The molecule has 38 heavy (non-hydrogen) atoms. The minimum atomic E-state index is -4.63. The van der Waals surface area contributed by atoms with Crippen molar-refractivity contribution >= 4 is 17.4 Å². The zero-order valence-electron chi connectivity index (χ0n) is 19.5. The number of benzene rings is 3. The lowest BCUT2D eigenvalue weighted by atomic mass is 9.66. The highest BCUT2D eigenvalue weighted by Gasteiger charge is 2.70. The largest absolute Gasteiger partial charge is 0.416 e. The monoisotopic (exact) mass is 531 g/mol. The molecule has 5 nitrogen and oxygen atoms in total. The SMILES string of the molecule is N#Cc1cccc(C2(O)N(c3ccc(C(F)(F)F)cc3)C(=O)N(c3ccc(C(F)(F)F)cc3)C23CCC3)c1. The van der Waals surface area contributed by atoms with Gasteiger partial charge in [0.1, 0.15) is 5.54 Å². The molecule has 196 valence electrons. The average molecular weight is 531 g/mol. The summed E-state index contributed by atoms with van der Waals surface area (Å²) in [6.45, 7) is 0. The van der Waals surface area contributed by atoms with Gasteiger partial charge in [0.2, 0.25) is 0 Å². The Labute approximate surface area is 213 Å². The number of nitriles is 1. The van der Waals surface area contributed by atoms with Crippen LogP contribution in [0.3, 0.4) is 0 Å². The number of urea groups is 1. The highest BCUT2D eigenvalue weighted by Crippen LogP contribution is 2.59. The first kappa shape index (κ1) is 25.6. The molecule has 1 N–H and O–H groups in total. The van der Waals surface area contributed by atoms with Crippen molar-refractivity contribution in [3.63, 3.8) is 0 Å². The van der Waals surface area contributed by atoms with Gasteiger partial charge in [0.05, 0.1) is 22.8 Å². The van der Waals surface area contributed by atoms with Gasteiger partial charge in [0, 0.05) is 16.9 Å². The molecule has 1 saturated heterocycles. The van der Waals surface area contributed by atoms with Crippen LogP contribution in [0.5, 0.6) is 0 Å². The summed E-state index contributed by atoms with van der Waals surface area (Å²) < 4.78 is 79.2. The van der Waals surface area contributed by atoms with E-state index in [1.165, 1.54) is 29.2 Å². The van der Waals surface area contributed by atoms with E-state index in [-0.39, 0.29) is 35.3 Å². The minimum absolute atomic E-state index is 0.0476. The van der Waals surface area contributed by atoms with Crippen LogP contribution in [0.1, 0.15) is 41.5 Å². The first-order valence-electron chi connectivity index (χ1n) is 11.5. The number of halogens is 6. The van der Waals surface area contributed by atoms with Crippen LogP contribution < -0.4 is 9.80 Å². The quantitative estimate of drug-likeness (QED) is 0.378. The molecule has 5 rings (SSSR count). The van der Waals surface area contributed by atoms with Crippen LogP contribution in [-0.4, -0.2) is 16.7 Å². The summed E-state index contributed by atoms with van der Waals surface area (Å²) in [4.78, 5) is 16.2. The third-order valence-electron chi connectivity index (χ3n) is 7.26. The van der Waals surface area contributed by atoms with Crippen LogP contribution in [0, 0.1) is 11.3 Å². The zero-order valence-corrected chi connectivity index (χ0v) is 19.5. The van der Waals surface area contributed by atoms with Gasteiger partial charge in [0.25, 0.3) is 0 Å². The Hall–Kier alpha value is -4.04. The number of hydrogen-bond donors (Lipinski definition) is 1. The van der Waals surface area contributed by atoms with Crippen LogP contribution in [-0.2, 0) is 18.1 Å². The predicted octanol–water partition coefficient (Wildman–Crippen LogP) is 6.81. The first-order chi connectivity index (χ1) is 17.8. The Balaban J connectivity index is 1.71. The van der Waals surface area contributed by atoms with Crippen molar-refractivity contribution in [3.05, 3.63) is 95.1 Å². The molecule has 1 heterocycles. The second kappa shape index (κ2) is 8.49. The van der Waals surface area contributed by atoms with Crippen LogP contribution in [0.2, 0.25) is 0 Å². The summed E-state index contributed by atoms with van der Waals surface area (Å²) in [5.74, 6) is 0. The summed E-state index contributed by atoms with van der Waals surface area (Å²) in [5.41, 5.74) is -5.02. The number of rotatable bonds is 3. The van der Waals surface area contributed by atoms with Crippen LogP contribution >= 0.6 is 0 Å². The van der Waals surface area contributed by atoms with E-state index in [1.807, 2.05) is 6.07 Å². The molecule has 0 aromatic heterocycles. The molecular formula is C27H19F6N3O2. The molecule has 1 atom stereocenters. The molecule has 0 bridgehead atoms. The molecule has 3 aromatic rings. The molecule has 2 aliphatic rings. The summed E-state index contributed by atoms with van der Waals surface area (Å²) in [6.07, 6.45) is -8.15. The van der Waals surface area contributed by atoms with E-state index in [4.69, 9.17) is 0 Å². The van der Waals surface area contributed by atoms with Crippen LogP contribution in [0.25, 0.3) is 0 Å². The Bertz CT molecular complexity index is 1420. The maximum Gasteiger partial charge on any atom is 0.416 e. The Morgan fingerprint density at radius 1 is 0.789 bits per heavy atom. The van der Waals surface area contributed by atoms with E-state index in [2.05, 4.69) is 0 Å². The number of aliphatic hydroxyl groups is 1. The van der Waals surface area contributed by atoms with E-state index >= 15 is 0 Å². The van der Waals surface area contributed by atoms with E-state index in [9.17, 15) is 41.5 Å². The second-order valence-electron chi connectivity index (χ2n) is 9.29. The van der Waals surface area contributed by atoms with Gasteiger partial charge in [-0.1, -0.05) is 12.1 Å². The third kappa shape index (κ3) is 3.70. The van der Waals surface area contributed by atoms with Crippen molar-refractivity contribution in [1.82, 2.24) is 0 Å². The molecule has 2 fully saturated rings. The molecule has 11 heteroatoms. The van der Waals surface area contributed by atoms with Gasteiger partial charge in [-0.3, -0.25) is 9.80 Å². The van der Waals surface area contributed by atoms with Gasteiger partial charge >= 0.3 is 18.4 Å². The highest BCUT2D eigenvalue weighted by molar-refractivity contribution is 6.09. The fourth-order valence-corrected chi connectivity index (χ4v) is 5.33. The van der Waals surface area contributed by atoms with E-state index in [0.29, 0.717) is 6.42 Å². The van der Waals surface area contributed by atoms with E-state index < -0.39 is 40.8 Å². The average Bonchev–Trinajstić information content (AvgIpc) is 3.07. The number of alkyl halides is 6. The third-order valence-corrected chi connectivity index (χ3v) is 7.26. The fourth-order valence-electron chi connectivity index (χ4n) is 5.33. The molecule has 1 aliphatic carbocycles. The Morgan fingerprint density at radius 3 is 1.71 bits per heavy atom. The number of nitrogens with zero attached hydrogens (tertiary/aromatic N) is 3. The molecule has 1 unspecified atom stereocenters. The van der Waals surface area contributed by atoms with Gasteiger partial charge in [0.15, 0.2) is 5.72 Å². The minimum Gasteiger partial charge on any atom is -0.364 e. The highest BCUT2D eigenvalue weighted by atomic mass is 19.4. The molecule has 1 aliphatic heterocycles. The Kier molecular flexibility index (Phi) is 5.72. The molecule has 3 aromatic carbocycles. The lowest BCUT2D eigenvalue weighted by molar-refractivity contribution is -0.138. The van der Waals surface area contributed by atoms with Crippen molar-refractivity contribution < 1.29 is 36.2 Å². The first-order valence-corrected chi connectivity index (χ1v) is 11.5. The summed E-state index contributed by atoms with van der Waals surface area (Å²) in [7, 11) is 0. The molecule has 1 spiro atoms. The maximum atomic E-state index is 14.0. The molecule has 0 radical (unpaired) electrons.